The Labute approximate surface area is 104 Å². The number of benzene rings is 1. The van der Waals surface area contributed by atoms with E-state index in [-0.39, 0.29) is 5.91 Å². The normalized spacial score (nSPS) is 11.9. The van der Waals surface area contributed by atoms with Gasteiger partial charge in [-0.2, -0.15) is 0 Å². The fourth-order valence-electron chi connectivity index (χ4n) is 1.18. The van der Waals surface area contributed by atoms with E-state index in [0.29, 0.717) is 12.3 Å². The average molecular weight is 286 g/mol. The van der Waals surface area contributed by atoms with Crippen molar-refractivity contribution in [2.75, 3.05) is 6.54 Å². The van der Waals surface area contributed by atoms with Crippen LogP contribution in [-0.4, -0.2) is 18.6 Å². The molecular formula is C12H16BrNO2. The molecule has 3 nitrogen and oxygen atoms in total. The summed E-state index contributed by atoms with van der Waals surface area (Å²) in [4.78, 5) is 11.6. The van der Waals surface area contributed by atoms with Gasteiger partial charge in [-0.25, -0.2) is 0 Å². The van der Waals surface area contributed by atoms with E-state index in [4.69, 9.17) is 4.74 Å². The molecule has 1 amide bonds. The van der Waals surface area contributed by atoms with Crippen LogP contribution < -0.4 is 10.1 Å². The summed E-state index contributed by atoms with van der Waals surface area (Å²) in [7, 11) is 0. The summed E-state index contributed by atoms with van der Waals surface area (Å²) in [6.07, 6.45) is 0.443. The van der Waals surface area contributed by atoms with E-state index in [1.807, 2.05) is 31.2 Å². The monoisotopic (exact) mass is 285 g/mol. The standard InChI is InChI=1S/C12H16BrNO2/c1-3-8-14-12(15)9(2)16-11-7-5-4-6-10(11)13/h4-7,9H,3,8H2,1-2H3,(H,14,15). The third-order valence-corrected chi connectivity index (χ3v) is 2.71. The van der Waals surface area contributed by atoms with Crippen molar-refractivity contribution in [2.24, 2.45) is 0 Å². The Kier molecular flexibility index (Phi) is 5.32. The first-order valence-electron chi connectivity index (χ1n) is 5.34. The Morgan fingerprint density at radius 2 is 2.19 bits per heavy atom. The fraction of sp³-hybridized carbons (Fsp3) is 0.417. The molecule has 0 fully saturated rings. The summed E-state index contributed by atoms with van der Waals surface area (Å²) in [5.74, 6) is 0.597. The molecule has 0 radical (unpaired) electrons. The van der Waals surface area contributed by atoms with E-state index >= 15 is 0 Å². The van der Waals surface area contributed by atoms with Gasteiger partial charge >= 0.3 is 0 Å². The molecule has 0 aliphatic rings. The summed E-state index contributed by atoms with van der Waals surface area (Å²) >= 11 is 3.37. The van der Waals surface area contributed by atoms with Crippen molar-refractivity contribution in [1.29, 1.82) is 0 Å². The smallest absolute Gasteiger partial charge is 0.260 e. The molecule has 0 saturated carbocycles. The van der Waals surface area contributed by atoms with E-state index in [1.165, 1.54) is 0 Å². The van der Waals surface area contributed by atoms with Gasteiger partial charge in [-0.05, 0) is 41.4 Å². The number of para-hydroxylation sites is 1. The zero-order valence-electron chi connectivity index (χ0n) is 9.50. The first-order chi connectivity index (χ1) is 7.65. The SMILES string of the molecule is CCCNC(=O)C(C)Oc1ccccc1Br. The van der Waals surface area contributed by atoms with Crippen molar-refractivity contribution >= 4 is 21.8 Å². The Balaban J connectivity index is 2.54. The topological polar surface area (TPSA) is 38.3 Å². The van der Waals surface area contributed by atoms with Gasteiger partial charge in [-0.15, -0.1) is 0 Å². The molecule has 1 aromatic rings. The number of hydrogen-bond acceptors (Lipinski definition) is 2. The van der Waals surface area contributed by atoms with Gasteiger partial charge in [0.25, 0.3) is 5.91 Å². The van der Waals surface area contributed by atoms with Crippen molar-refractivity contribution < 1.29 is 9.53 Å². The highest BCUT2D eigenvalue weighted by atomic mass is 79.9. The fourth-order valence-corrected chi connectivity index (χ4v) is 1.55. The minimum atomic E-state index is -0.481. The van der Waals surface area contributed by atoms with Crippen molar-refractivity contribution in [3.63, 3.8) is 0 Å². The van der Waals surface area contributed by atoms with Crippen molar-refractivity contribution in [1.82, 2.24) is 5.32 Å². The summed E-state index contributed by atoms with van der Waals surface area (Å²) < 4.78 is 6.40. The van der Waals surface area contributed by atoms with E-state index in [1.54, 1.807) is 6.92 Å². The van der Waals surface area contributed by atoms with Gasteiger partial charge in [0, 0.05) is 6.54 Å². The van der Waals surface area contributed by atoms with Gasteiger partial charge in [0.05, 0.1) is 4.47 Å². The molecule has 1 rings (SSSR count). The lowest BCUT2D eigenvalue weighted by atomic mass is 10.3. The molecule has 1 unspecified atom stereocenters. The lowest BCUT2D eigenvalue weighted by molar-refractivity contribution is -0.127. The number of hydrogen-bond donors (Lipinski definition) is 1. The summed E-state index contributed by atoms with van der Waals surface area (Å²) in [6, 6.07) is 7.48. The third kappa shape index (κ3) is 3.85. The van der Waals surface area contributed by atoms with Gasteiger partial charge in [0.1, 0.15) is 5.75 Å². The molecule has 0 aliphatic heterocycles. The summed E-state index contributed by atoms with van der Waals surface area (Å²) in [5.41, 5.74) is 0. The van der Waals surface area contributed by atoms with Crippen LogP contribution in [0.1, 0.15) is 20.3 Å². The van der Waals surface area contributed by atoms with Crippen molar-refractivity contribution in [3.8, 4) is 5.75 Å². The Hall–Kier alpha value is -1.03. The molecule has 0 spiro atoms. The second kappa shape index (κ2) is 6.53. The zero-order valence-corrected chi connectivity index (χ0v) is 11.1. The molecule has 0 aromatic heterocycles. The molecular weight excluding hydrogens is 270 g/mol. The molecule has 1 N–H and O–H groups in total. The lowest BCUT2D eigenvalue weighted by Gasteiger charge is -2.15. The predicted molar refractivity (Wildman–Crippen MR) is 67.5 cm³/mol. The first-order valence-corrected chi connectivity index (χ1v) is 6.13. The molecule has 4 heteroatoms. The minimum Gasteiger partial charge on any atom is -0.480 e. The van der Waals surface area contributed by atoms with Crippen LogP contribution in [0.15, 0.2) is 28.7 Å². The average Bonchev–Trinajstić information content (AvgIpc) is 2.28. The van der Waals surface area contributed by atoms with Gasteiger partial charge in [0.2, 0.25) is 0 Å². The van der Waals surface area contributed by atoms with Gasteiger partial charge in [-0.3, -0.25) is 4.79 Å². The van der Waals surface area contributed by atoms with E-state index < -0.39 is 6.10 Å². The quantitative estimate of drug-likeness (QED) is 0.903. The Bertz CT molecular complexity index is 355. The van der Waals surface area contributed by atoms with Crippen LogP contribution in [0.25, 0.3) is 0 Å². The zero-order chi connectivity index (χ0) is 12.0. The van der Waals surface area contributed by atoms with Gasteiger partial charge in [0.15, 0.2) is 6.10 Å². The van der Waals surface area contributed by atoms with Crippen molar-refractivity contribution in [2.45, 2.75) is 26.4 Å². The summed E-state index contributed by atoms with van der Waals surface area (Å²) in [5, 5.41) is 2.79. The molecule has 0 aliphatic carbocycles. The molecule has 1 atom stereocenters. The maximum absolute atomic E-state index is 11.6. The van der Waals surface area contributed by atoms with Crippen LogP contribution >= 0.6 is 15.9 Å². The second-order valence-electron chi connectivity index (χ2n) is 3.48. The van der Waals surface area contributed by atoms with Crippen LogP contribution in [0.2, 0.25) is 0 Å². The predicted octanol–water partition coefficient (Wildman–Crippen LogP) is 2.74. The minimum absolute atomic E-state index is 0.0856. The number of carbonyl (C=O) groups is 1. The number of carbonyl (C=O) groups excluding carboxylic acids is 1. The van der Waals surface area contributed by atoms with Crippen LogP contribution in [0.4, 0.5) is 0 Å². The summed E-state index contributed by atoms with van der Waals surface area (Å²) in [6.45, 7) is 4.44. The highest BCUT2D eigenvalue weighted by Crippen LogP contribution is 2.24. The van der Waals surface area contributed by atoms with E-state index in [2.05, 4.69) is 21.2 Å². The number of halogens is 1. The molecule has 88 valence electrons. The molecule has 0 bridgehead atoms. The largest absolute Gasteiger partial charge is 0.480 e. The highest BCUT2D eigenvalue weighted by Gasteiger charge is 2.14. The first kappa shape index (κ1) is 13.0. The van der Waals surface area contributed by atoms with Crippen LogP contribution in [-0.2, 0) is 4.79 Å². The highest BCUT2D eigenvalue weighted by molar-refractivity contribution is 9.10. The van der Waals surface area contributed by atoms with Gasteiger partial charge in [-0.1, -0.05) is 19.1 Å². The molecule has 1 aromatic carbocycles. The van der Waals surface area contributed by atoms with E-state index in [9.17, 15) is 4.79 Å². The Morgan fingerprint density at radius 1 is 1.50 bits per heavy atom. The second-order valence-corrected chi connectivity index (χ2v) is 4.34. The Morgan fingerprint density at radius 3 is 2.81 bits per heavy atom. The maximum Gasteiger partial charge on any atom is 0.260 e. The molecule has 0 heterocycles. The van der Waals surface area contributed by atoms with Crippen molar-refractivity contribution in [3.05, 3.63) is 28.7 Å². The third-order valence-electron chi connectivity index (χ3n) is 2.06. The maximum atomic E-state index is 11.6. The molecule has 16 heavy (non-hydrogen) atoms. The van der Waals surface area contributed by atoms with E-state index in [0.717, 1.165) is 10.9 Å². The number of rotatable bonds is 5. The number of ether oxygens (including phenoxy) is 1. The van der Waals surface area contributed by atoms with Gasteiger partial charge < -0.3 is 10.1 Å². The number of nitrogens with one attached hydrogen (secondary N) is 1. The van der Waals surface area contributed by atoms with Crippen LogP contribution in [0.5, 0.6) is 5.75 Å². The lowest BCUT2D eigenvalue weighted by Crippen LogP contribution is -2.36. The number of amides is 1. The van der Waals surface area contributed by atoms with Crippen LogP contribution in [0.3, 0.4) is 0 Å². The molecule has 0 saturated heterocycles. The van der Waals surface area contributed by atoms with Crippen LogP contribution in [0, 0.1) is 0 Å².